The molecular formula is C13H12OSi. The number of allylic oxidation sites excluding steroid dienone is 2. The molecule has 0 N–H and O–H groups in total. The number of benzene rings is 1. The van der Waals surface area contributed by atoms with Crippen LogP contribution in [0.15, 0.2) is 42.1 Å². The minimum Gasteiger partial charge on any atom is -0.294 e. The molecule has 2 rings (SSSR count). The zero-order chi connectivity index (χ0) is 10.7. The van der Waals surface area contributed by atoms with Crippen LogP contribution in [0.25, 0.3) is 6.08 Å². The summed E-state index contributed by atoms with van der Waals surface area (Å²) < 4.78 is 0. The zero-order valence-electron chi connectivity index (χ0n) is 8.60. The van der Waals surface area contributed by atoms with Gasteiger partial charge in [-0.05, 0) is 12.5 Å². The lowest BCUT2D eigenvalue weighted by Gasteiger charge is -2.15. The number of ketones is 1. The van der Waals surface area contributed by atoms with Crippen molar-refractivity contribution in [3.8, 4) is 0 Å². The Morgan fingerprint density at radius 2 is 2.13 bits per heavy atom. The molecule has 74 valence electrons. The van der Waals surface area contributed by atoms with E-state index in [-0.39, 0.29) is 11.3 Å². The second-order valence-corrected chi connectivity index (χ2v) is 4.74. The Balaban J connectivity index is 2.29. The lowest BCUT2D eigenvalue weighted by Crippen LogP contribution is -2.16. The SMILES string of the molecule is CC=C[Si]C1C=Cc2ccccc2C1=O. The number of Topliss-reactive ketones (excluding diaryl/α,β-unsaturated/α-hetero) is 1. The van der Waals surface area contributed by atoms with E-state index in [0.29, 0.717) is 9.52 Å². The number of rotatable bonds is 2. The number of hydrogen-bond acceptors (Lipinski definition) is 1. The van der Waals surface area contributed by atoms with E-state index in [1.165, 1.54) is 0 Å². The van der Waals surface area contributed by atoms with Gasteiger partial charge in [0, 0.05) is 11.1 Å². The van der Waals surface area contributed by atoms with Gasteiger partial charge in [-0.25, -0.2) is 0 Å². The van der Waals surface area contributed by atoms with Gasteiger partial charge in [0.2, 0.25) is 0 Å². The number of carbonyl (C=O) groups excluding carboxylic acids is 1. The molecule has 0 aliphatic heterocycles. The van der Waals surface area contributed by atoms with E-state index in [1.807, 2.05) is 43.3 Å². The molecule has 1 atom stereocenters. The third-order valence-electron chi connectivity index (χ3n) is 2.42. The maximum atomic E-state index is 12.0. The van der Waals surface area contributed by atoms with Crippen molar-refractivity contribution < 1.29 is 4.79 Å². The molecule has 1 aliphatic carbocycles. The molecule has 0 spiro atoms. The number of fused-ring (bicyclic) bond motifs is 1. The molecule has 0 aromatic heterocycles. The number of hydrogen-bond donors (Lipinski definition) is 0. The average molecular weight is 212 g/mol. The maximum absolute atomic E-state index is 12.0. The molecule has 0 saturated carbocycles. The second kappa shape index (κ2) is 4.40. The lowest BCUT2D eigenvalue weighted by atomic mass is 9.96. The Hall–Kier alpha value is -1.41. The van der Waals surface area contributed by atoms with Crippen LogP contribution >= 0.6 is 0 Å². The smallest absolute Gasteiger partial charge is 0.167 e. The van der Waals surface area contributed by atoms with Gasteiger partial charge in [0.15, 0.2) is 5.78 Å². The van der Waals surface area contributed by atoms with Crippen molar-refractivity contribution in [2.45, 2.75) is 12.5 Å². The summed E-state index contributed by atoms with van der Waals surface area (Å²) in [6.07, 6.45) is 6.07. The molecule has 0 amide bonds. The fourth-order valence-electron chi connectivity index (χ4n) is 1.65. The van der Waals surface area contributed by atoms with E-state index >= 15 is 0 Å². The minimum atomic E-state index is 0.0519. The Morgan fingerprint density at radius 1 is 1.33 bits per heavy atom. The third kappa shape index (κ3) is 2.00. The lowest BCUT2D eigenvalue weighted by molar-refractivity contribution is 0.0994. The van der Waals surface area contributed by atoms with Crippen LogP contribution in [-0.2, 0) is 0 Å². The first-order chi connectivity index (χ1) is 7.33. The van der Waals surface area contributed by atoms with Crippen LogP contribution in [0.1, 0.15) is 22.8 Å². The second-order valence-electron chi connectivity index (χ2n) is 3.45. The van der Waals surface area contributed by atoms with Crippen LogP contribution in [0, 0.1) is 0 Å². The van der Waals surface area contributed by atoms with Gasteiger partial charge >= 0.3 is 0 Å². The summed E-state index contributed by atoms with van der Waals surface area (Å²) in [7, 11) is 0.557. The summed E-state index contributed by atoms with van der Waals surface area (Å²) in [6, 6.07) is 7.78. The van der Waals surface area contributed by atoms with Crippen LogP contribution < -0.4 is 0 Å². The fraction of sp³-hybridized carbons (Fsp3) is 0.154. The summed E-state index contributed by atoms with van der Waals surface area (Å²) in [5.74, 6) is 0.254. The zero-order valence-corrected chi connectivity index (χ0v) is 9.60. The predicted molar refractivity (Wildman–Crippen MR) is 64.1 cm³/mol. The van der Waals surface area contributed by atoms with Gasteiger partial charge in [-0.2, -0.15) is 0 Å². The van der Waals surface area contributed by atoms with Crippen LogP contribution in [0.5, 0.6) is 0 Å². The third-order valence-corrected chi connectivity index (χ3v) is 3.76. The van der Waals surface area contributed by atoms with Gasteiger partial charge in [0.1, 0.15) is 0 Å². The van der Waals surface area contributed by atoms with Crippen molar-refractivity contribution >= 4 is 21.4 Å². The largest absolute Gasteiger partial charge is 0.294 e. The monoisotopic (exact) mass is 212 g/mol. The Labute approximate surface area is 92.3 Å². The van der Waals surface area contributed by atoms with Crippen molar-refractivity contribution in [3.63, 3.8) is 0 Å². The topological polar surface area (TPSA) is 17.1 Å². The summed E-state index contributed by atoms with van der Waals surface area (Å²) in [5.41, 5.74) is 4.03. The van der Waals surface area contributed by atoms with E-state index in [2.05, 4.69) is 11.8 Å². The van der Waals surface area contributed by atoms with E-state index in [0.717, 1.165) is 11.1 Å². The molecule has 2 heteroatoms. The molecule has 1 aromatic rings. The molecule has 1 nitrogen and oxygen atoms in total. The summed E-state index contributed by atoms with van der Waals surface area (Å²) in [4.78, 5) is 12.0. The first-order valence-electron chi connectivity index (χ1n) is 5.01. The van der Waals surface area contributed by atoms with Gasteiger partial charge in [-0.15, -0.1) is 5.70 Å². The van der Waals surface area contributed by atoms with E-state index < -0.39 is 0 Å². The Kier molecular flexibility index (Phi) is 2.97. The van der Waals surface area contributed by atoms with Crippen molar-refractivity contribution in [2.75, 3.05) is 0 Å². The summed E-state index contributed by atoms with van der Waals surface area (Å²) in [5, 5.41) is 0. The molecule has 0 heterocycles. The van der Waals surface area contributed by atoms with Gasteiger partial charge in [0.25, 0.3) is 0 Å². The molecule has 0 fully saturated rings. The molecule has 1 aliphatic rings. The highest BCUT2D eigenvalue weighted by molar-refractivity contribution is 6.52. The van der Waals surface area contributed by atoms with Crippen LogP contribution in [0.3, 0.4) is 0 Å². The molecule has 1 aromatic carbocycles. The quantitative estimate of drug-likeness (QED) is 0.689. The Morgan fingerprint density at radius 3 is 2.93 bits per heavy atom. The molecular weight excluding hydrogens is 200 g/mol. The first-order valence-corrected chi connectivity index (χ1v) is 6.17. The van der Waals surface area contributed by atoms with Gasteiger partial charge in [-0.1, -0.05) is 42.5 Å². The highest BCUT2D eigenvalue weighted by Crippen LogP contribution is 2.25. The van der Waals surface area contributed by atoms with E-state index in [1.54, 1.807) is 0 Å². The molecule has 15 heavy (non-hydrogen) atoms. The molecule has 1 unspecified atom stereocenters. The van der Waals surface area contributed by atoms with Crippen LogP contribution in [0.2, 0.25) is 5.54 Å². The van der Waals surface area contributed by atoms with Gasteiger partial charge < -0.3 is 0 Å². The van der Waals surface area contributed by atoms with Crippen LogP contribution in [0.4, 0.5) is 0 Å². The fourth-order valence-corrected chi connectivity index (χ4v) is 2.57. The molecule has 0 saturated heterocycles. The summed E-state index contributed by atoms with van der Waals surface area (Å²) >= 11 is 0. The van der Waals surface area contributed by atoms with Gasteiger partial charge in [0.05, 0.1) is 9.52 Å². The normalized spacial score (nSPS) is 19.5. The Bertz CT molecular complexity index is 432. The van der Waals surface area contributed by atoms with Crippen molar-refractivity contribution in [2.24, 2.45) is 0 Å². The summed E-state index contributed by atoms with van der Waals surface area (Å²) in [6.45, 7) is 1.98. The molecule has 2 radical (unpaired) electrons. The van der Waals surface area contributed by atoms with Crippen molar-refractivity contribution in [1.82, 2.24) is 0 Å². The minimum absolute atomic E-state index is 0.0519. The van der Waals surface area contributed by atoms with Crippen molar-refractivity contribution in [1.29, 1.82) is 0 Å². The first kappa shape index (κ1) is 10.1. The standard InChI is InChI=1S/C13H12OSi/c1-2-9-15-12-8-7-10-5-3-4-6-11(10)13(12)14/h2-9,12H,1H3. The van der Waals surface area contributed by atoms with Crippen LogP contribution in [-0.4, -0.2) is 15.3 Å². The average Bonchev–Trinajstić information content (AvgIpc) is 2.29. The van der Waals surface area contributed by atoms with E-state index in [9.17, 15) is 4.79 Å². The maximum Gasteiger partial charge on any atom is 0.167 e. The van der Waals surface area contributed by atoms with Gasteiger partial charge in [-0.3, -0.25) is 4.79 Å². The van der Waals surface area contributed by atoms with Crippen molar-refractivity contribution in [3.05, 3.63) is 53.2 Å². The highest BCUT2D eigenvalue weighted by atomic mass is 28.2. The number of carbonyl (C=O) groups is 1. The highest BCUT2D eigenvalue weighted by Gasteiger charge is 2.21. The van der Waals surface area contributed by atoms with E-state index in [4.69, 9.17) is 0 Å². The predicted octanol–water partition coefficient (Wildman–Crippen LogP) is 2.92. The molecule has 0 bridgehead atoms.